The van der Waals surface area contributed by atoms with Gasteiger partial charge < -0.3 is 0 Å². The molecule has 0 bridgehead atoms. The highest BCUT2D eigenvalue weighted by atomic mass is 79.9. The van der Waals surface area contributed by atoms with Gasteiger partial charge >= 0.3 is 0 Å². The molecule has 6 nitrogen and oxygen atoms in total. The molecule has 1 aromatic carbocycles. The summed E-state index contributed by atoms with van der Waals surface area (Å²) < 4.78 is 4.12. The van der Waals surface area contributed by atoms with E-state index < -0.39 is 0 Å². The van der Waals surface area contributed by atoms with E-state index in [9.17, 15) is 4.79 Å². The molecule has 0 fully saturated rings. The zero-order valence-corrected chi connectivity index (χ0v) is 12.4. The van der Waals surface area contributed by atoms with Crippen LogP contribution >= 0.6 is 15.9 Å². The molecule has 7 heteroatoms. The van der Waals surface area contributed by atoms with Crippen LogP contribution in [0.5, 0.6) is 0 Å². The van der Waals surface area contributed by atoms with Crippen molar-refractivity contribution in [3.63, 3.8) is 0 Å². The SMILES string of the molecule is Cn1cc(CCn2cnc3ccc(Br)cc3c2=O)nn1. The van der Waals surface area contributed by atoms with Crippen LogP contribution < -0.4 is 5.56 Å². The van der Waals surface area contributed by atoms with E-state index in [0.717, 1.165) is 10.2 Å². The fourth-order valence-electron chi connectivity index (χ4n) is 2.04. The highest BCUT2D eigenvalue weighted by molar-refractivity contribution is 9.10. The van der Waals surface area contributed by atoms with Crippen molar-refractivity contribution in [2.24, 2.45) is 7.05 Å². The fourth-order valence-corrected chi connectivity index (χ4v) is 2.40. The standard InChI is InChI=1S/C13H12BrN5O/c1-18-7-10(16-17-18)4-5-19-8-15-12-3-2-9(14)6-11(12)13(19)20/h2-3,6-8H,4-5H2,1H3. The number of rotatable bonds is 3. The Morgan fingerprint density at radius 1 is 1.35 bits per heavy atom. The Bertz CT molecular complexity index is 823. The highest BCUT2D eigenvalue weighted by Gasteiger charge is 2.06. The summed E-state index contributed by atoms with van der Waals surface area (Å²) in [6.07, 6.45) is 4.07. The first kappa shape index (κ1) is 13.0. The minimum absolute atomic E-state index is 0.0415. The number of nitrogens with zero attached hydrogens (tertiary/aromatic N) is 5. The summed E-state index contributed by atoms with van der Waals surface area (Å²) in [5, 5.41) is 8.49. The van der Waals surface area contributed by atoms with Crippen LogP contribution in [0.3, 0.4) is 0 Å². The molecule has 0 atom stereocenters. The van der Waals surface area contributed by atoms with Gasteiger partial charge in [0.25, 0.3) is 5.56 Å². The predicted molar refractivity (Wildman–Crippen MR) is 78.4 cm³/mol. The lowest BCUT2D eigenvalue weighted by atomic mass is 10.2. The number of hydrogen-bond acceptors (Lipinski definition) is 4. The molecule has 0 aliphatic rings. The van der Waals surface area contributed by atoms with Gasteiger partial charge in [0.2, 0.25) is 0 Å². The molecule has 0 aliphatic heterocycles. The van der Waals surface area contributed by atoms with E-state index in [2.05, 4.69) is 31.2 Å². The minimum Gasteiger partial charge on any atom is -0.298 e. The van der Waals surface area contributed by atoms with Crippen LogP contribution in [0.25, 0.3) is 10.9 Å². The molecule has 0 saturated carbocycles. The summed E-state index contributed by atoms with van der Waals surface area (Å²) in [4.78, 5) is 16.7. The Kier molecular flexibility index (Phi) is 3.35. The van der Waals surface area contributed by atoms with E-state index in [1.165, 1.54) is 0 Å². The normalized spacial score (nSPS) is 11.1. The van der Waals surface area contributed by atoms with Gasteiger partial charge in [0.15, 0.2) is 0 Å². The van der Waals surface area contributed by atoms with Crippen LogP contribution in [0, 0.1) is 0 Å². The lowest BCUT2D eigenvalue weighted by Gasteiger charge is -2.05. The van der Waals surface area contributed by atoms with E-state index in [-0.39, 0.29) is 5.56 Å². The monoisotopic (exact) mass is 333 g/mol. The van der Waals surface area contributed by atoms with Crippen molar-refractivity contribution in [3.05, 3.63) is 51.2 Å². The van der Waals surface area contributed by atoms with Crippen molar-refractivity contribution < 1.29 is 0 Å². The van der Waals surface area contributed by atoms with Gasteiger partial charge in [-0.15, -0.1) is 5.10 Å². The number of hydrogen-bond donors (Lipinski definition) is 0. The van der Waals surface area contributed by atoms with E-state index >= 15 is 0 Å². The zero-order chi connectivity index (χ0) is 14.1. The molecule has 0 spiro atoms. The molecule has 2 heterocycles. The van der Waals surface area contributed by atoms with Gasteiger partial charge in [0.1, 0.15) is 0 Å². The summed E-state index contributed by atoms with van der Waals surface area (Å²) in [5.74, 6) is 0. The maximum atomic E-state index is 12.4. The molecule has 0 N–H and O–H groups in total. The third-order valence-electron chi connectivity index (χ3n) is 3.05. The summed E-state index contributed by atoms with van der Waals surface area (Å²) in [6.45, 7) is 0.535. The van der Waals surface area contributed by atoms with Crippen molar-refractivity contribution in [1.82, 2.24) is 24.5 Å². The summed E-state index contributed by atoms with van der Waals surface area (Å²) in [5.41, 5.74) is 1.52. The fraction of sp³-hybridized carbons (Fsp3) is 0.231. The zero-order valence-electron chi connectivity index (χ0n) is 10.8. The lowest BCUT2D eigenvalue weighted by Crippen LogP contribution is -2.21. The smallest absolute Gasteiger partial charge is 0.261 e. The van der Waals surface area contributed by atoms with Gasteiger partial charge in [-0.3, -0.25) is 14.0 Å². The maximum absolute atomic E-state index is 12.4. The molecule has 0 radical (unpaired) electrons. The molecule has 102 valence electrons. The molecule has 0 amide bonds. The molecule has 2 aromatic heterocycles. The van der Waals surface area contributed by atoms with E-state index in [0.29, 0.717) is 23.9 Å². The molecule has 0 aliphatic carbocycles. The van der Waals surface area contributed by atoms with Gasteiger partial charge in [-0.2, -0.15) is 0 Å². The van der Waals surface area contributed by atoms with E-state index in [1.54, 1.807) is 21.6 Å². The minimum atomic E-state index is -0.0415. The van der Waals surface area contributed by atoms with Crippen LogP contribution in [0.1, 0.15) is 5.69 Å². The predicted octanol–water partition coefficient (Wildman–Crippen LogP) is 1.53. The number of benzene rings is 1. The Labute approximate surface area is 123 Å². The van der Waals surface area contributed by atoms with Crippen molar-refractivity contribution in [1.29, 1.82) is 0 Å². The van der Waals surface area contributed by atoms with Crippen LogP contribution in [-0.2, 0) is 20.0 Å². The Hall–Kier alpha value is -2.02. The summed E-state index contributed by atoms with van der Waals surface area (Å²) in [6, 6.07) is 5.50. The van der Waals surface area contributed by atoms with Crippen LogP contribution in [0.2, 0.25) is 0 Å². The average Bonchev–Trinajstić information content (AvgIpc) is 2.84. The number of aromatic nitrogens is 5. The van der Waals surface area contributed by atoms with Gasteiger partial charge in [0.05, 0.1) is 22.9 Å². The second-order valence-electron chi connectivity index (χ2n) is 4.54. The molecule has 3 rings (SSSR count). The molecule has 0 saturated heterocycles. The van der Waals surface area contributed by atoms with Crippen molar-refractivity contribution in [2.45, 2.75) is 13.0 Å². The number of halogens is 1. The second-order valence-corrected chi connectivity index (χ2v) is 5.45. The first-order chi connectivity index (χ1) is 9.63. The summed E-state index contributed by atoms with van der Waals surface area (Å²) >= 11 is 3.37. The average molecular weight is 334 g/mol. The molecule has 3 aromatic rings. The highest BCUT2D eigenvalue weighted by Crippen LogP contribution is 2.14. The van der Waals surface area contributed by atoms with Crippen LogP contribution in [0.4, 0.5) is 0 Å². The van der Waals surface area contributed by atoms with Crippen molar-refractivity contribution >= 4 is 26.8 Å². The Morgan fingerprint density at radius 3 is 2.95 bits per heavy atom. The van der Waals surface area contributed by atoms with Gasteiger partial charge in [-0.05, 0) is 18.2 Å². The molecule has 20 heavy (non-hydrogen) atoms. The van der Waals surface area contributed by atoms with Crippen LogP contribution in [0.15, 0.2) is 40.0 Å². The number of aryl methyl sites for hydroxylation is 3. The van der Waals surface area contributed by atoms with Gasteiger partial charge in [-0.25, -0.2) is 4.98 Å². The lowest BCUT2D eigenvalue weighted by molar-refractivity contribution is 0.651. The van der Waals surface area contributed by atoms with Crippen LogP contribution in [-0.4, -0.2) is 24.5 Å². The molecular weight excluding hydrogens is 322 g/mol. The molecular formula is C13H12BrN5O. The van der Waals surface area contributed by atoms with Crippen molar-refractivity contribution in [3.8, 4) is 0 Å². The van der Waals surface area contributed by atoms with Gasteiger partial charge in [-0.1, -0.05) is 21.1 Å². The van der Waals surface area contributed by atoms with E-state index in [4.69, 9.17) is 0 Å². The van der Waals surface area contributed by atoms with Crippen molar-refractivity contribution in [2.75, 3.05) is 0 Å². The first-order valence-corrected chi connectivity index (χ1v) is 6.93. The topological polar surface area (TPSA) is 65.6 Å². The first-order valence-electron chi connectivity index (χ1n) is 6.13. The third-order valence-corrected chi connectivity index (χ3v) is 3.54. The number of fused-ring (bicyclic) bond motifs is 1. The Morgan fingerprint density at radius 2 is 2.20 bits per heavy atom. The third kappa shape index (κ3) is 2.49. The largest absolute Gasteiger partial charge is 0.298 e. The second kappa shape index (κ2) is 5.16. The maximum Gasteiger partial charge on any atom is 0.261 e. The summed E-state index contributed by atoms with van der Waals surface area (Å²) in [7, 11) is 1.82. The molecule has 0 unspecified atom stereocenters. The van der Waals surface area contributed by atoms with E-state index in [1.807, 2.05) is 25.4 Å². The Balaban J connectivity index is 1.92. The quantitative estimate of drug-likeness (QED) is 0.729. The van der Waals surface area contributed by atoms with Gasteiger partial charge in [0, 0.05) is 30.7 Å².